The number of hydrogen-bond acceptors (Lipinski definition) is 4. The van der Waals surface area contributed by atoms with Crippen molar-refractivity contribution in [1.82, 2.24) is 9.21 Å². The minimum Gasteiger partial charge on any atom is -0.378 e. The van der Waals surface area contributed by atoms with Crippen LogP contribution in [0.25, 0.3) is 0 Å². The van der Waals surface area contributed by atoms with Crippen molar-refractivity contribution in [1.29, 1.82) is 0 Å². The molecule has 5 nitrogen and oxygen atoms in total. The lowest BCUT2D eigenvalue weighted by Gasteiger charge is -2.34. The maximum atomic E-state index is 12.8. The van der Waals surface area contributed by atoms with E-state index < -0.39 is 21.8 Å². The highest BCUT2D eigenvalue weighted by molar-refractivity contribution is 7.89. The molecule has 30 heavy (non-hydrogen) atoms. The summed E-state index contributed by atoms with van der Waals surface area (Å²) in [5.74, 6) is 0. The van der Waals surface area contributed by atoms with Crippen LogP contribution in [0.1, 0.15) is 51.0 Å². The highest BCUT2D eigenvalue weighted by atomic mass is 32.2. The quantitative estimate of drug-likeness (QED) is 0.496. The Hall–Kier alpha value is -1.16. The molecule has 1 aromatic rings. The Bertz CT molecular complexity index is 746. The van der Waals surface area contributed by atoms with Crippen molar-refractivity contribution < 1.29 is 26.3 Å². The molecule has 2 rings (SSSR count). The molecule has 0 saturated heterocycles. The maximum absolute atomic E-state index is 12.8. The number of halogens is 3. The Balaban J connectivity index is 1.83. The van der Waals surface area contributed by atoms with Crippen molar-refractivity contribution in [3.05, 3.63) is 29.8 Å². The van der Waals surface area contributed by atoms with Crippen molar-refractivity contribution in [2.45, 2.75) is 68.7 Å². The second kappa shape index (κ2) is 10.9. The van der Waals surface area contributed by atoms with Crippen LogP contribution >= 0.6 is 0 Å². The molecule has 0 aliphatic heterocycles. The van der Waals surface area contributed by atoms with E-state index in [0.717, 1.165) is 63.0 Å². The van der Waals surface area contributed by atoms with E-state index in [1.54, 1.807) is 0 Å². The highest BCUT2D eigenvalue weighted by Crippen LogP contribution is 2.32. The highest BCUT2D eigenvalue weighted by Gasteiger charge is 2.34. The summed E-state index contributed by atoms with van der Waals surface area (Å²) in [5, 5.41) is 0. The zero-order valence-corrected chi connectivity index (χ0v) is 18.8. The lowest BCUT2D eigenvalue weighted by atomic mass is 9.93. The van der Waals surface area contributed by atoms with E-state index in [2.05, 4.69) is 18.9 Å². The molecule has 1 aliphatic carbocycles. The van der Waals surface area contributed by atoms with Gasteiger partial charge in [0.1, 0.15) is 0 Å². The summed E-state index contributed by atoms with van der Waals surface area (Å²) < 4.78 is 71.0. The van der Waals surface area contributed by atoms with E-state index in [1.807, 2.05) is 0 Å². The molecule has 0 N–H and O–H groups in total. The maximum Gasteiger partial charge on any atom is 0.416 e. The fraction of sp³-hybridized carbons (Fsp3) is 0.714. The first kappa shape index (κ1) is 25.1. The topological polar surface area (TPSA) is 49.9 Å². The molecule has 0 amide bonds. The van der Waals surface area contributed by atoms with Gasteiger partial charge in [0.25, 0.3) is 0 Å². The van der Waals surface area contributed by atoms with Crippen LogP contribution in [-0.2, 0) is 20.9 Å². The number of benzene rings is 1. The van der Waals surface area contributed by atoms with Crippen molar-refractivity contribution in [2.24, 2.45) is 0 Å². The standard InChI is InChI=1S/C21H33F3N2O3S/c1-4-14-25(2)15-5-16-29-19-10-8-18(9-11-19)26(3)30(27,28)20-12-6-17(7-13-20)21(22,23)24/h6-7,12-13,18-19H,4-5,8-11,14-16H2,1-3H3/t18-,19-. The molecule has 0 aromatic heterocycles. The van der Waals surface area contributed by atoms with Gasteiger partial charge >= 0.3 is 6.18 Å². The normalized spacial score (nSPS) is 20.8. The van der Waals surface area contributed by atoms with Crippen LogP contribution < -0.4 is 0 Å². The summed E-state index contributed by atoms with van der Waals surface area (Å²) in [6.07, 6.45) is 0.666. The third-order valence-corrected chi connectivity index (χ3v) is 7.58. The first-order valence-corrected chi connectivity index (χ1v) is 11.9. The molecule has 0 bridgehead atoms. The minimum absolute atomic E-state index is 0.118. The third kappa shape index (κ3) is 6.93. The van der Waals surface area contributed by atoms with Crippen LogP contribution in [0.3, 0.4) is 0 Å². The number of ether oxygens (including phenoxy) is 1. The smallest absolute Gasteiger partial charge is 0.378 e. The van der Waals surface area contributed by atoms with Crippen molar-refractivity contribution >= 4 is 10.0 Å². The molecule has 0 radical (unpaired) electrons. The lowest BCUT2D eigenvalue weighted by molar-refractivity contribution is -0.137. The van der Waals surface area contributed by atoms with Crippen molar-refractivity contribution in [3.8, 4) is 0 Å². The van der Waals surface area contributed by atoms with Gasteiger partial charge in [-0.25, -0.2) is 8.42 Å². The first-order valence-electron chi connectivity index (χ1n) is 10.5. The van der Waals surface area contributed by atoms with Gasteiger partial charge in [0.05, 0.1) is 16.6 Å². The average Bonchev–Trinajstić information content (AvgIpc) is 2.71. The van der Waals surface area contributed by atoms with Gasteiger partial charge in [-0.05, 0) is 76.4 Å². The molecular weight excluding hydrogens is 417 g/mol. The molecule has 0 atom stereocenters. The van der Waals surface area contributed by atoms with E-state index in [9.17, 15) is 21.6 Å². The fourth-order valence-electron chi connectivity index (χ4n) is 3.83. The second-order valence-corrected chi connectivity index (χ2v) is 10.00. The molecule has 1 fully saturated rings. The van der Waals surface area contributed by atoms with Gasteiger partial charge in [-0.1, -0.05) is 6.92 Å². The van der Waals surface area contributed by atoms with Crippen molar-refractivity contribution in [3.63, 3.8) is 0 Å². The number of nitrogens with zero attached hydrogens (tertiary/aromatic N) is 2. The largest absolute Gasteiger partial charge is 0.416 e. The number of hydrogen-bond donors (Lipinski definition) is 0. The van der Waals surface area contributed by atoms with Crippen LogP contribution in [0.4, 0.5) is 13.2 Å². The van der Waals surface area contributed by atoms with Crippen LogP contribution in [0, 0.1) is 0 Å². The average molecular weight is 451 g/mol. The SMILES string of the molecule is CCCN(C)CCCO[C@H]1CC[C@H](N(C)S(=O)(=O)c2ccc(C(F)(F)F)cc2)CC1. The molecule has 9 heteroatoms. The Morgan fingerprint density at radius 3 is 2.17 bits per heavy atom. The van der Waals surface area contributed by atoms with Crippen LogP contribution in [0.15, 0.2) is 29.2 Å². The fourth-order valence-corrected chi connectivity index (χ4v) is 5.25. The lowest BCUT2D eigenvalue weighted by Crippen LogP contribution is -2.40. The van der Waals surface area contributed by atoms with E-state index >= 15 is 0 Å². The molecule has 1 aromatic carbocycles. The van der Waals surface area contributed by atoms with E-state index in [0.29, 0.717) is 19.4 Å². The molecular formula is C21H33F3N2O3S. The zero-order chi connectivity index (χ0) is 22.4. The van der Waals surface area contributed by atoms with Gasteiger partial charge in [-0.2, -0.15) is 17.5 Å². The monoisotopic (exact) mass is 450 g/mol. The predicted molar refractivity (Wildman–Crippen MR) is 111 cm³/mol. The molecule has 0 heterocycles. The minimum atomic E-state index is -4.49. The molecule has 172 valence electrons. The molecule has 0 spiro atoms. The van der Waals surface area contributed by atoms with Gasteiger partial charge in [0.2, 0.25) is 10.0 Å². The third-order valence-electron chi connectivity index (χ3n) is 5.66. The second-order valence-electron chi connectivity index (χ2n) is 8.00. The van der Waals surface area contributed by atoms with E-state index in [-0.39, 0.29) is 17.0 Å². The van der Waals surface area contributed by atoms with Crippen molar-refractivity contribution in [2.75, 3.05) is 33.8 Å². The molecule has 1 saturated carbocycles. The zero-order valence-electron chi connectivity index (χ0n) is 18.0. The Morgan fingerprint density at radius 2 is 1.63 bits per heavy atom. The summed E-state index contributed by atoms with van der Waals surface area (Å²) >= 11 is 0. The van der Waals surface area contributed by atoms with Gasteiger partial charge in [0, 0.05) is 26.2 Å². The van der Waals surface area contributed by atoms with E-state index in [4.69, 9.17) is 4.74 Å². The number of sulfonamides is 1. The van der Waals surface area contributed by atoms with E-state index in [1.165, 1.54) is 11.4 Å². The Labute approximate surface area is 178 Å². The first-order chi connectivity index (χ1) is 14.1. The summed E-state index contributed by atoms with van der Waals surface area (Å²) in [7, 11) is -0.233. The molecule has 1 aliphatic rings. The van der Waals surface area contributed by atoms with Gasteiger partial charge in [-0.3, -0.25) is 0 Å². The number of alkyl halides is 3. The summed E-state index contributed by atoms with van der Waals surface area (Å²) in [4.78, 5) is 2.16. The summed E-state index contributed by atoms with van der Waals surface area (Å²) in [6.45, 7) is 4.92. The van der Waals surface area contributed by atoms with Gasteiger partial charge in [0.15, 0.2) is 0 Å². The van der Waals surface area contributed by atoms with Gasteiger partial charge in [-0.15, -0.1) is 0 Å². The van der Waals surface area contributed by atoms with Crippen LogP contribution in [0.2, 0.25) is 0 Å². The van der Waals surface area contributed by atoms with Crippen LogP contribution in [0.5, 0.6) is 0 Å². The molecule has 0 unspecified atom stereocenters. The van der Waals surface area contributed by atoms with Crippen LogP contribution in [-0.4, -0.2) is 63.6 Å². The Morgan fingerprint density at radius 1 is 1.03 bits per heavy atom. The summed E-state index contributed by atoms with van der Waals surface area (Å²) in [6, 6.07) is 3.50. The van der Waals surface area contributed by atoms with Gasteiger partial charge < -0.3 is 9.64 Å². The Kier molecular flexibility index (Phi) is 9.14. The number of rotatable bonds is 10. The predicted octanol–water partition coefficient (Wildman–Crippen LogP) is 4.39. The summed E-state index contributed by atoms with van der Waals surface area (Å²) in [5.41, 5.74) is -0.859.